The minimum absolute atomic E-state index is 0. The van der Waals surface area contributed by atoms with Crippen LogP contribution in [0.25, 0.3) is 0 Å². The van der Waals surface area contributed by atoms with E-state index in [1.54, 1.807) is 0 Å². The highest BCUT2D eigenvalue weighted by molar-refractivity contribution is 7.99. The molecule has 2 aromatic carbocycles. The molecule has 1 unspecified atom stereocenters. The molecule has 1 heterocycles. The van der Waals surface area contributed by atoms with Crippen molar-refractivity contribution in [3.8, 4) is 0 Å². The second-order valence-electron chi connectivity index (χ2n) is 6.41. The fraction of sp³-hybridized carbons (Fsp3) is 0.350. The van der Waals surface area contributed by atoms with Gasteiger partial charge in [0.1, 0.15) is 4.99 Å². The van der Waals surface area contributed by atoms with E-state index in [2.05, 4.69) is 78.5 Å². The summed E-state index contributed by atoms with van der Waals surface area (Å²) in [4.78, 5) is 8.20. The van der Waals surface area contributed by atoms with Gasteiger partial charge in [0.05, 0.1) is 11.4 Å². The molecule has 140 valence electrons. The Kier molecular flexibility index (Phi) is 7.35. The van der Waals surface area contributed by atoms with Gasteiger partial charge in [-0.15, -0.1) is 12.4 Å². The van der Waals surface area contributed by atoms with Gasteiger partial charge in [-0.2, -0.15) is 0 Å². The lowest BCUT2D eigenvalue weighted by molar-refractivity contribution is 0.332. The van der Waals surface area contributed by atoms with Crippen molar-refractivity contribution in [1.29, 1.82) is 0 Å². The third kappa shape index (κ3) is 4.17. The highest BCUT2D eigenvalue weighted by Crippen LogP contribution is 2.49. The lowest BCUT2D eigenvalue weighted by atomic mass is 10.1. The number of rotatable bonds is 5. The molecule has 0 aliphatic carbocycles. The number of anilines is 2. The molecule has 3 rings (SSSR count). The molecule has 0 fully saturated rings. The lowest BCUT2D eigenvalue weighted by Gasteiger charge is -2.39. The van der Waals surface area contributed by atoms with Crippen LogP contribution in [0.15, 0.2) is 52.3 Å². The summed E-state index contributed by atoms with van der Waals surface area (Å²) in [5, 5.41) is 3.09. The summed E-state index contributed by atoms with van der Waals surface area (Å²) in [6, 6.07) is 15.6. The molecule has 0 bridgehead atoms. The van der Waals surface area contributed by atoms with Crippen LogP contribution in [0.2, 0.25) is 0 Å². The molecular formula is C20H26ClN3S2. The Bertz CT molecular complexity index is 781. The van der Waals surface area contributed by atoms with Crippen LogP contribution in [0, 0.1) is 0 Å². The Labute approximate surface area is 172 Å². The monoisotopic (exact) mass is 407 g/mol. The smallest absolute Gasteiger partial charge is 0.106 e. The minimum atomic E-state index is 0. The molecule has 2 aromatic rings. The van der Waals surface area contributed by atoms with Gasteiger partial charge in [-0.25, -0.2) is 0 Å². The highest BCUT2D eigenvalue weighted by Gasteiger charge is 2.27. The van der Waals surface area contributed by atoms with E-state index in [4.69, 9.17) is 12.2 Å². The topological polar surface area (TPSA) is 18.5 Å². The number of benzene rings is 2. The zero-order chi connectivity index (χ0) is 18.0. The van der Waals surface area contributed by atoms with Gasteiger partial charge < -0.3 is 15.1 Å². The summed E-state index contributed by atoms with van der Waals surface area (Å²) in [7, 11) is 4.05. The van der Waals surface area contributed by atoms with E-state index in [9.17, 15) is 0 Å². The third-order valence-electron chi connectivity index (χ3n) is 4.61. The van der Waals surface area contributed by atoms with Crippen LogP contribution in [-0.4, -0.2) is 43.1 Å². The van der Waals surface area contributed by atoms with Gasteiger partial charge in [-0.1, -0.05) is 49.1 Å². The lowest BCUT2D eigenvalue weighted by Crippen LogP contribution is -2.39. The van der Waals surface area contributed by atoms with Crippen LogP contribution in [0.3, 0.4) is 0 Å². The number of thiocarbonyl (C=S) groups is 1. The van der Waals surface area contributed by atoms with Gasteiger partial charge in [0, 0.05) is 35.0 Å². The summed E-state index contributed by atoms with van der Waals surface area (Å²) in [6.45, 7) is 6.55. The SMILES string of the molecule is CCN(C)CC(C)N1c2ccccc2Sc2ccc(C(=S)NC)cc21.Cl. The van der Waals surface area contributed by atoms with Crippen LogP contribution in [0.4, 0.5) is 11.4 Å². The number of halogens is 1. The predicted molar refractivity (Wildman–Crippen MR) is 120 cm³/mol. The first kappa shape index (κ1) is 21.0. The van der Waals surface area contributed by atoms with Crippen LogP contribution in [0.1, 0.15) is 19.4 Å². The van der Waals surface area contributed by atoms with E-state index < -0.39 is 0 Å². The van der Waals surface area contributed by atoms with Gasteiger partial charge in [0.25, 0.3) is 0 Å². The maximum absolute atomic E-state index is 5.45. The molecule has 1 aliphatic rings. The van der Waals surface area contributed by atoms with Crippen LogP contribution in [0.5, 0.6) is 0 Å². The molecule has 1 atom stereocenters. The van der Waals surface area contributed by atoms with E-state index in [1.807, 2.05) is 18.8 Å². The molecule has 3 nitrogen and oxygen atoms in total. The number of fused-ring (bicyclic) bond motifs is 2. The van der Waals surface area contributed by atoms with Crippen molar-refractivity contribution in [2.45, 2.75) is 29.7 Å². The Morgan fingerprint density at radius 3 is 2.58 bits per heavy atom. The second-order valence-corrected chi connectivity index (χ2v) is 7.90. The van der Waals surface area contributed by atoms with Crippen molar-refractivity contribution >= 4 is 52.8 Å². The first-order valence-corrected chi connectivity index (χ1v) is 9.88. The summed E-state index contributed by atoms with van der Waals surface area (Å²) >= 11 is 7.29. The van der Waals surface area contributed by atoms with Gasteiger partial charge >= 0.3 is 0 Å². The first-order valence-electron chi connectivity index (χ1n) is 8.66. The zero-order valence-electron chi connectivity index (χ0n) is 15.7. The maximum Gasteiger partial charge on any atom is 0.106 e. The van der Waals surface area contributed by atoms with E-state index >= 15 is 0 Å². The second kappa shape index (κ2) is 9.09. The van der Waals surface area contributed by atoms with Gasteiger partial charge in [-0.05, 0) is 44.8 Å². The molecule has 6 heteroatoms. The van der Waals surface area contributed by atoms with Gasteiger partial charge in [-0.3, -0.25) is 0 Å². The number of hydrogen-bond donors (Lipinski definition) is 1. The van der Waals surface area contributed by atoms with E-state index in [-0.39, 0.29) is 12.4 Å². The first-order chi connectivity index (χ1) is 12.0. The van der Waals surface area contributed by atoms with Gasteiger partial charge in [0.15, 0.2) is 0 Å². The number of hydrogen-bond acceptors (Lipinski definition) is 4. The van der Waals surface area contributed by atoms with Crippen LogP contribution < -0.4 is 10.2 Å². The number of likely N-dealkylation sites (N-methyl/N-ethyl adjacent to an activating group) is 1. The molecule has 26 heavy (non-hydrogen) atoms. The normalized spacial score (nSPS) is 13.5. The number of nitrogens with zero attached hydrogens (tertiary/aromatic N) is 2. The summed E-state index contributed by atoms with van der Waals surface area (Å²) in [5.74, 6) is 0. The minimum Gasteiger partial charge on any atom is -0.379 e. The Morgan fingerprint density at radius 2 is 1.88 bits per heavy atom. The largest absolute Gasteiger partial charge is 0.379 e. The fourth-order valence-corrected chi connectivity index (χ4v) is 4.38. The van der Waals surface area contributed by atoms with Crippen molar-refractivity contribution < 1.29 is 0 Å². The molecule has 1 N–H and O–H groups in total. The average Bonchev–Trinajstić information content (AvgIpc) is 2.64. The van der Waals surface area contributed by atoms with Crippen molar-refractivity contribution in [3.05, 3.63) is 48.0 Å². The van der Waals surface area contributed by atoms with Crippen molar-refractivity contribution in [3.63, 3.8) is 0 Å². The molecule has 0 spiro atoms. The van der Waals surface area contributed by atoms with Crippen molar-refractivity contribution in [1.82, 2.24) is 10.2 Å². The molecule has 0 saturated carbocycles. The maximum atomic E-state index is 5.45. The van der Waals surface area contributed by atoms with Crippen LogP contribution >= 0.6 is 36.4 Å². The van der Waals surface area contributed by atoms with Crippen molar-refractivity contribution in [2.75, 3.05) is 32.1 Å². The predicted octanol–water partition coefficient (Wildman–Crippen LogP) is 4.95. The Morgan fingerprint density at radius 1 is 1.19 bits per heavy atom. The van der Waals surface area contributed by atoms with Crippen molar-refractivity contribution in [2.24, 2.45) is 0 Å². The standard InChI is InChI=1S/C20H25N3S2.ClH/c1-5-22(4)13-14(2)23-16-8-6-7-9-18(16)25-19-11-10-15(12-17(19)23)20(24)21-3;/h6-12,14H,5,13H2,1-4H3,(H,21,24);1H. The summed E-state index contributed by atoms with van der Waals surface area (Å²) < 4.78 is 0. The highest BCUT2D eigenvalue weighted by atomic mass is 35.5. The average molecular weight is 408 g/mol. The summed E-state index contributed by atoms with van der Waals surface area (Å²) in [6.07, 6.45) is 0. The molecule has 1 aliphatic heterocycles. The molecule has 0 amide bonds. The quantitative estimate of drug-likeness (QED) is 0.705. The molecule has 0 aromatic heterocycles. The molecular weight excluding hydrogens is 382 g/mol. The summed E-state index contributed by atoms with van der Waals surface area (Å²) in [5.41, 5.74) is 3.60. The fourth-order valence-electron chi connectivity index (χ4n) is 3.20. The van der Waals surface area contributed by atoms with Crippen LogP contribution in [-0.2, 0) is 0 Å². The van der Waals surface area contributed by atoms with E-state index in [0.717, 1.165) is 23.6 Å². The van der Waals surface area contributed by atoms with E-state index in [0.29, 0.717) is 6.04 Å². The third-order valence-corrected chi connectivity index (χ3v) is 6.18. The number of nitrogens with one attached hydrogen (secondary N) is 1. The molecule has 0 radical (unpaired) electrons. The Hall–Kier alpha value is -1.27. The van der Waals surface area contributed by atoms with E-state index in [1.165, 1.54) is 21.2 Å². The zero-order valence-corrected chi connectivity index (χ0v) is 18.1. The Balaban J connectivity index is 0.00000243. The number of para-hydroxylation sites is 1. The van der Waals surface area contributed by atoms with Gasteiger partial charge in [0.2, 0.25) is 0 Å². The molecule has 0 saturated heterocycles.